The Morgan fingerprint density at radius 1 is 1.19 bits per heavy atom. The van der Waals surface area contributed by atoms with Gasteiger partial charge < -0.3 is 5.11 Å². The Labute approximate surface area is 185 Å². The number of halogens is 1. The summed E-state index contributed by atoms with van der Waals surface area (Å²) in [6.07, 6.45) is 0. The first-order valence-corrected chi connectivity index (χ1v) is 10.3. The zero-order chi connectivity index (χ0) is 23.2. The van der Waals surface area contributed by atoms with Crippen molar-refractivity contribution in [2.24, 2.45) is 0 Å². The molecule has 4 rings (SSSR count). The Balaban J connectivity index is 1.97. The first-order chi connectivity index (χ1) is 15.2. The summed E-state index contributed by atoms with van der Waals surface area (Å²) < 4.78 is 13.4. The van der Waals surface area contributed by atoms with Crippen molar-refractivity contribution in [2.75, 3.05) is 4.90 Å². The van der Waals surface area contributed by atoms with E-state index in [1.807, 2.05) is 6.92 Å². The number of benzene rings is 2. The summed E-state index contributed by atoms with van der Waals surface area (Å²) >= 11 is 1.19. The quantitative estimate of drug-likeness (QED) is 0.205. The van der Waals surface area contributed by atoms with Gasteiger partial charge in [0.15, 0.2) is 5.13 Å². The average Bonchev–Trinajstić information content (AvgIpc) is 3.23. The molecule has 8 nitrogen and oxygen atoms in total. The Kier molecular flexibility index (Phi) is 5.31. The minimum Gasteiger partial charge on any atom is -0.507 e. The third kappa shape index (κ3) is 3.54. The number of carbonyl (C=O) groups excluding carboxylic acids is 2. The van der Waals surface area contributed by atoms with Gasteiger partial charge in [0, 0.05) is 22.6 Å². The molecule has 0 saturated carbocycles. The molecule has 1 amide bonds. The highest BCUT2D eigenvalue weighted by atomic mass is 32.1. The van der Waals surface area contributed by atoms with Crippen molar-refractivity contribution >= 4 is 39.6 Å². The molecule has 2 aromatic carbocycles. The second kappa shape index (κ2) is 7.97. The zero-order valence-electron chi connectivity index (χ0n) is 16.9. The monoisotopic (exact) mass is 453 g/mol. The predicted octanol–water partition coefficient (Wildman–Crippen LogP) is 4.43. The highest BCUT2D eigenvalue weighted by Gasteiger charge is 2.48. The predicted molar refractivity (Wildman–Crippen MR) is 116 cm³/mol. The third-order valence-electron chi connectivity index (χ3n) is 5.18. The van der Waals surface area contributed by atoms with E-state index in [1.165, 1.54) is 47.7 Å². The topological polar surface area (TPSA) is 114 Å². The number of hydrogen-bond donors (Lipinski definition) is 1. The highest BCUT2D eigenvalue weighted by molar-refractivity contribution is 7.16. The van der Waals surface area contributed by atoms with Gasteiger partial charge in [-0.25, -0.2) is 9.37 Å². The minimum absolute atomic E-state index is 0.131. The number of aliphatic hydroxyl groups excluding tert-OH is 1. The summed E-state index contributed by atoms with van der Waals surface area (Å²) in [6.45, 7) is 3.57. The molecule has 1 saturated heterocycles. The molecule has 1 aliphatic heterocycles. The van der Waals surface area contributed by atoms with Gasteiger partial charge in [0.05, 0.1) is 22.2 Å². The van der Waals surface area contributed by atoms with E-state index in [4.69, 9.17) is 0 Å². The van der Waals surface area contributed by atoms with Gasteiger partial charge in [0.25, 0.3) is 11.5 Å². The van der Waals surface area contributed by atoms with Crippen LogP contribution in [0.2, 0.25) is 0 Å². The van der Waals surface area contributed by atoms with Crippen molar-refractivity contribution in [1.29, 1.82) is 0 Å². The SMILES string of the molecule is Cc1nc(N2C(=O)C(=O)C(=C(O)c3ccc(F)cc3)[C@H]2c2cccc([N+](=O)[O-])c2)sc1C. The Morgan fingerprint density at radius 2 is 1.88 bits per heavy atom. The van der Waals surface area contributed by atoms with E-state index in [2.05, 4.69) is 4.98 Å². The van der Waals surface area contributed by atoms with E-state index in [-0.39, 0.29) is 27.5 Å². The second-order valence-electron chi connectivity index (χ2n) is 7.17. The minimum atomic E-state index is -1.15. The van der Waals surface area contributed by atoms with Crippen LogP contribution in [-0.2, 0) is 9.59 Å². The lowest BCUT2D eigenvalue weighted by molar-refractivity contribution is -0.384. The number of non-ortho nitro benzene ring substituents is 1. The van der Waals surface area contributed by atoms with Gasteiger partial charge in [-0.3, -0.25) is 24.6 Å². The maximum atomic E-state index is 13.4. The lowest BCUT2D eigenvalue weighted by Crippen LogP contribution is -2.29. The fourth-order valence-corrected chi connectivity index (χ4v) is 4.41. The molecule has 10 heteroatoms. The van der Waals surface area contributed by atoms with Gasteiger partial charge in [-0.1, -0.05) is 12.1 Å². The molecule has 32 heavy (non-hydrogen) atoms. The largest absolute Gasteiger partial charge is 0.507 e. The number of aryl methyl sites for hydroxylation is 2. The third-order valence-corrected chi connectivity index (χ3v) is 6.25. The van der Waals surface area contributed by atoms with Crippen LogP contribution in [0.15, 0.2) is 54.1 Å². The first kappa shape index (κ1) is 21.3. The van der Waals surface area contributed by atoms with E-state index in [0.717, 1.165) is 21.9 Å². The lowest BCUT2D eigenvalue weighted by Gasteiger charge is -2.22. The fourth-order valence-electron chi connectivity index (χ4n) is 3.48. The molecule has 2 heterocycles. The van der Waals surface area contributed by atoms with Crippen LogP contribution in [0.5, 0.6) is 0 Å². The average molecular weight is 453 g/mol. The molecule has 0 radical (unpaired) electrons. The first-order valence-electron chi connectivity index (χ1n) is 9.44. The van der Waals surface area contributed by atoms with E-state index in [9.17, 15) is 29.2 Å². The standard InChI is InChI=1S/C22H16FN3O5S/c1-11-12(2)32-22(24-11)25-18(14-4-3-5-16(10-14)26(30)31)17(20(28)21(25)29)19(27)13-6-8-15(23)9-7-13/h3-10,18,27H,1-2H3/t18-/m1/s1. The van der Waals surface area contributed by atoms with Crippen molar-refractivity contribution < 1.29 is 24.0 Å². The number of rotatable bonds is 4. The van der Waals surface area contributed by atoms with Crippen LogP contribution in [0, 0.1) is 29.8 Å². The molecule has 1 N–H and O–H groups in total. The highest BCUT2D eigenvalue weighted by Crippen LogP contribution is 2.44. The molecule has 0 unspecified atom stereocenters. The number of nitro benzene ring substituents is 1. The van der Waals surface area contributed by atoms with Crippen molar-refractivity contribution in [3.63, 3.8) is 0 Å². The molecule has 1 fully saturated rings. The number of amides is 1. The maximum absolute atomic E-state index is 13.4. The number of thiazole rings is 1. The molecular weight excluding hydrogens is 437 g/mol. The zero-order valence-corrected chi connectivity index (χ0v) is 17.7. The summed E-state index contributed by atoms with van der Waals surface area (Å²) in [5.41, 5.74) is 0.566. The molecule has 162 valence electrons. The Hall–Kier alpha value is -3.92. The van der Waals surface area contributed by atoms with Crippen LogP contribution in [-0.4, -0.2) is 26.7 Å². The van der Waals surface area contributed by atoms with Gasteiger partial charge in [-0.15, -0.1) is 11.3 Å². The van der Waals surface area contributed by atoms with E-state index in [0.29, 0.717) is 5.69 Å². The van der Waals surface area contributed by atoms with Crippen LogP contribution in [0.3, 0.4) is 0 Å². The number of aliphatic hydroxyl groups is 1. The van der Waals surface area contributed by atoms with Gasteiger partial charge in [-0.2, -0.15) is 0 Å². The van der Waals surface area contributed by atoms with Crippen molar-refractivity contribution in [3.05, 3.63) is 91.7 Å². The lowest BCUT2D eigenvalue weighted by atomic mass is 9.95. The number of aromatic nitrogens is 1. The van der Waals surface area contributed by atoms with Crippen molar-refractivity contribution in [3.8, 4) is 0 Å². The van der Waals surface area contributed by atoms with Gasteiger partial charge in [0.1, 0.15) is 11.6 Å². The van der Waals surface area contributed by atoms with Gasteiger partial charge in [-0.05, 0) is 43.7 Å². The molecule has 0 spiro atoms. The summed E-state index contributed by atoms with van der Waals surface area (Å²) in [7, 11) is 0. The van der Waals surface area contributed by atoms with Crippen molar-refractivity contribution in [2.45, 2.75) is 19.9 Å². The summed E-state index contributed by atoms with van der Waals surface area (Å²) in [5, 5.41) is 22.5. The smallest absolute Gasteiger partial charge is 0.301 e. The van der Waals surface area contributed by atoms with Gasteiger partial charge in [0.2, 0.25) is 0 Å². The Bertz CT molecular complexity index is 1280. The number of carbonyl (C=O) groups is 2. The van der Waals surface area contributed by atoms with Crippen LogP contribution < -0.4 is 4.90 Å². The van der Waals surface area contributed by atoms with Gasteiger partial charge >= 0.3 is 5.91 Å². The molecular formula is C22H16FN3O5S. The summed E-state index contributed by atoms with van der Waals surface area (Å²) in [5.74, 6) is -2.92. The fraction of sp³-hybridized carbons (Fsp3) is 0.136. The molecule has 1 aromatic heterocycles. The Morgan fingerprint density at radius 3 is 2.47 bits per heavy atom. The molecule has 1 atom stereocenters. The summed E-state index contributed by atoms with van der Waals surface area (Å²) in [4.78, 5) is 43.1. The number of ketones is 1. The van der Waals surface area contributed by atoms with Crippen molar-refractivity contribution in [1.82, 2.24) is 4.98 Å². The van der Waals surface area contributed by atoms with E-state index < -0.39 is 34.2 Å². The number of Topliss-reactive ketones (excluding diaryl/α,β-unsaturated/α-hetero) is 1. The molecule has 1 aliphatic rings. The van der Waals surface area contributed by atoms with Crippen LogP contribution >= 0.6 is 11.3 Å². The number of nitro groups is 1. The number of hydrogen-bond acceptors (Lipinski definition) is 7. The van der Waals surface area contributed by atoms with Crippen LogP contribution in [0.25, 0.3) is 5.76 Å². The van der Waals surface area contributed by atoms with Crippen LogP contribution in [0.4, 0.5) is 15.2 Å². The second-order valence-corrected chi connectivity index (χ2v) is 8.35. The maximum Gasteiger partial charge on any atom is 0.301 e. The summed E-state index contributed by atoms with van der Waals surface area (Å²) in [6, 6.07) is 9.13. The number of nitrogens with zero attached hydrogens (tertiary/aromatic N) is 3. The normalized spacial score (nSPS) is 17.7. The molecule has 3 aromatic rings. The molecule has 0 aliphatic carbocycles. The van der Waals surface area contributed by atoms with E-state index >= 15 is 0 Å². The van der Waals surface area contributed by atoms with E-state index in [1.54, 1.807) is 6.92 Å². The molecule has 0 bridgehead atoms. The van der Waals surface area contributed by atoms with Crippen LogP contribution in [0.1, 0.15) is 27.7 Å². The number of anilines is 1.